The molecule has 0 aromatic heterocycles. The molecule has 0 rings (SSSR count). The predicted molar refractivity (Wildman–Crippen MR) is 45.1 cm³/mol. The fourth-order valence-electron chi connectivity index (χ4n) is 0.742. The van der Waals surface area contributed by atoms with Crippen LogP contribution in [0, 0.1) is 0 Å². The standard InChI is InChI=1S/C6H9NO6.Na/c8-4(9)1-7(2-5(10)11)3-6(12)13;/h1-3H2,(H,8,9)(H,10,11)(H,12,13);. The Morgan fingerprint density at radius 1 is 0.786 bits per heavy atom. The van der Waals surface area contributed by atoms with E-state index in [1.807, 2.05) is 0 Å². The van der Waals surface area contributed by atoms with Gasteiger partial charge in [-0.3, -0.25) is 19.3 Å². The third-order valence-electron chi connectivity index (χ3n) is 1.08. The molecule has 0 unspecified atom stereocenters. The van der Waals surface area contributed by atoms with Crippen molar-refractivity contribution in [3.63, 3.8) is 0 Å². The summed E-state index contributed by atoms with van der Waals surface area (Å²) in [7, 11) is 0. The van der Waals surface area contributed by atoms with Crippen molar-refractivity contribution < 1.29 is 29.7 Å². The second-order valence-corrected chi connectivity index (χ2v) is 2.33. The summed E-state index contributed by atoms with van der Waals surface area (Å²) in [5, 5.41) is 24.8. The summed E-state index contributed by atoms with van der Waals surface area (Å²) in [6, 6.07) is 0. The van der Waals surface area contributed by atoms with Crippen LogP contribution in [0.4, 0.5) is 0 Å². The summed E-state index contributed by atoms with van der Waals surface area (Å²) < 4.78 is 0. The Hall–Kier alpha value is -0.630. The first kappa shape index (κ1) is 15.8. The molecular weight excluding hydrogens is 205 g/mol. The molecule has 0 saturated heterocycles. The van der Waals surface area contributed by atoms with E-state index < -0.39 is 37.5 Å². The molecule has 14 heavy (non-hydrogen) atoms. The van der Waals surface area contributed by atoms with Crippen LogP contribution in [0.25, 0.3) is 0 Å². The number of carboxylic acids is 3. The largest absolute Gasteiger partial charge is 0.480 e. The number of aliphatic carboxylic acids is 3. The molecule has 0 spiro atoms. The van der Waals surface area contributed by atoms with Crippen molar-refractivity contribution in [1.29, 1.82) is 0 Å². The van der Waals surface area contributed by atoms with Gasteiger partial charge >= 0.3 is 17.9 Å². The van der Waals surface area contributed by atoms with E-state index >= 15 is 0 Å². The van der Waals surface area contributed by atoms with E-state index in [1.165, 1.54) is 0 Å². The van der Waals surface area contributed by atoms with Gasteiger partial charge in [-0.2, -0.15) is 0 Å². The maximum Gasteiger partial charge on any atom is 0.317 e. The predicted octanol–water partition coefficient (Wildman–Crippen LogP) is -1.84. The number of hydrogen-bond acceptors (Lipinski definition) is 4. The molecule has 8 heteroatoms. The van der Waals surface area contributed by atoms with Gasteiger partial charge in [0.25, 0.3) is 0 Å². The molecule has 0 amide bonds. The van der Waals surface area contributed by atoms with Crippen molar-refractivity contribution in [2.75, 3.05) is 19.6 Å². The molecule has 0 aliphatic heterocycles. The maximum atomic E-state index is 10.1. The molecule has 1 radical (unpaired) electrons. The van der Waals surface area contributed by atoms with Crippen LogP contribution in [0.2, 0.25) is 0 Å². The second-order valence-electron chi connectivity index (χ2n) is 2.33. The summed E-state index contributed by atoms with van der Waals surface area (Å²) >= 11 is 0. The molecule has 3 N–H and O–H groups in total. The zero-order valence-corrected chi connectivity index (χ0v) is 9.63. The van der Waals surface area contributed by atoms with Crippen molar-refractivity contribution in [3.8, 4) is 0 Å². The van der Waals surface area contributed by atoms with E-state index in [0.29, 0.717) is 0 Å². The Morgan fingerprint density at radius 2 is 1.00 bits per heavy atom. The average molecular weight is 214 g/mol. The Labute approximate surface area is 102 Å². The van der Waals surface area contributed by atoms with Gasteiger partial charge in [0, 0.05) is 29.6 Å². The molecule has 0 atom stereocenters. The number of nitrogens with zero attached hydrogens (tertiary/aromatic N) is 1. The van der Waals surface area contributed by atoms with Crippen LogP contribution in [-0.4, -0.2) is 87.3 Å². The molecule has 0 aromatic carbocycles. The topological polar surface area (TPSA) is 115 Å². The van der Waals surface area contributed by atoms with E-state index in [0.717, 1.165) is 4.90 Å². The van der Waals surface area contributed by atoms with Crippen molar-refractivity contribution in [2.24, 2.45) is 0 Å². The van der Waals surface area contributed by atoms with Gasteiger partial charge < -0.3 is 15.3 Å². The molecule has 0 aromatic rings. The van der Waals surface area contributed by atoms with Crippen LogP contribution in [0.5, 0.6) is 0 Å². The van der Waals surface area contributed by atoms with Gasteiger partial charge in [-0.15, -0.1) is 0 Å². The van der Waals surface area contributed by atoms with Gasteiger partial charge in [-0.1, -0.05) is 0 Å². The fraction of sp³-hybridized carbons (Fsp3) is 0.500. The summed E-state index contributed by atoms with van der Waals surface area (Å²) in [5.74, 6) is -3.78. The van der Waals surface area contributed by atoms with Gasteiger partial charge in [-0.05, 0) is 0 Å². The van der Waals surface area contributed by atoms with Crippen LogP contribution in [0.15, 0.2) is 0 Å². The number of carboxylic acid groups (broad SMARTS) is 3. The van der Waals surface area contributed by atoms with Crippen LogP contribution >= 0.6 is 0 Å². The number of rotatable bonds is 6. The first-order chi connectivity index (χ1) is 5.91. The average Bonchev–Trinajstić information content (AvgIpc) is 1.80. The van der Waals surface area contributed by atoms with E-state index in [9.17, 15) is 14.4 Å². The third-order valence-corrected chi connectivity index (χ3v) is 1.08. The van der Waals surface area contributed by atoms with Crippen LogP contribution in [0.3, 0.4) is 0 Å². The molecule has 0 heterocycles. The van der Waals surface area contributed by atoms with Crippen LogP contribution in [-0.2, 0) is 14.4 Å². The molecule has 0 aliphatic rings. The Morgan fingerprint density at radius 3 is 1.14 bits per heavy atom. The van der Waals surface area contributed by atoms with Crippen molar-refractivity contribution in [1.82, 2.24) is 4.90 Å². The van der Waals surface area contributed by atoms with E-state index in [2.05, 4.69) is 0 Å². The zero-order chi connectivity index (χ0) is 10.4. The van der Waals surface area contributed by atoms with E-state index in [-0.39, 0.29) is 29.6 Å². The molecule has 0 saturated carbocycles. The van der Waals surface area contributed by atoms with Gasteiger partial charge in [0.15, 0.2) is 0 Å². The van der Waals surface area contributed by atoms with Gasteiger partial charge in [0.2, 0.25) is 0 Å². The maximum absolute atomic E-state index is 10.1. The Bertz CT molecular complexity index is 192. The Kier molecular flexibility index (Phi) is 8.75. The van der Waals surface area contributed by atoms with Crippen molar-refractivity contribution >= 4 is 47.5 Å². The third kappa shape index (κ3) is 9.46. The van der Waals surface area contributed by atoms with Crippen LogP contribution in [0.1, 0.15) is 0 Å². The summed E-state index contributed by atoms with van der Waals surface area (Å²) in [6.45, 7) is -1.80. The first-order valence-corrected chi connectivity index (χ1v) is 3.29. The fourth-order valence-corrected chi connectivity index (χ4v) is 0.742. The summed E-state index contributed by atoms with van der Waals surface area (Å²) in [4.78, 5) is 31.2. The normalized spacial score (nSPS) is 9.21. The Balaban J connectivity index is 0. The quantitative estimate of drug-likeness (QED) is 0.445. The molecular formula is C6H9NNaO6. The molecule has 7 nitrogen and oxygen atoms in total. The van der Waals surface area contributed by atoms with Crippen molar-refractivity contribution in [3.05, 3.63) is 0 Å². The summed E-state index contributed by atoms with van der Waals surface area (Å²) in [6.07, 6.45) is 0. The molecule has 0 bridgehead atoms. The smallest absolute Gasteiger partial charge is 0.317 e. The van der Waals surface area contributed by atoms with E-state index in [1.54, 1.807) is 0 Å². The first-order valence-electron chi connectivity index (χ1n) is 3.29. The number of hydrogen-bond donors (Lipinski definition) is 3. The SMILES string of the molecule is O=C(O)CN(CC(=O)O)CC(=O)O.[Na]. The molecule has 0 fully saturated rings. The van der Waals surface area contributed by atoms with Gasteiger partial charge in [0.1, 0.15) is 0 Å². The number of carbonyl (C=O) groups is 3. The minimum absolute atomic E-state index is 0. The van der Waals surface area contributed by atoms with Crippen LogP contribution < -0.4 is 0 Å². The second kappa shape index (κ2) is 7.74. The molecule has 75 valence electrons. The zero-order valence-electron chi connectivity index (χ0n) is 7.63. The van der Waals surface area contributed by atoms with Gasteiger partial charge in [-0.25, -0.2) is 0 Å². The minimum atomic E-state index is -1.26. The van der Waals surface area contributed by atoms with Crippen molar-refractivity contribution in [2.45, 2.75) is 0 Å². The molecule has 0 aliphatic carbocycles. The summed E-state index contributed by atoms with van der Waals surface area (Å²) in [5.41, 5.74) is 0. The minimum Gasteiger partial charge on any atom is -0.480 e. The van der Waals surface area contributed by atoms with E-state index in [4.69, 9.17) is 15.3 Å². The monoisotopic (exact) mass is 214 g/mol. The van der Waals surface area contributed by atoms with Gasteiger partial charge in [0.05, 0.1) is 19.6 Å².